The van der Waals surface area contributed by atoms with E-state index >= 15 is 0 Å². The largest absolute Gasteiger partial charge is 0.384 e. The molecule has 3 N–H and O–H groups in total. The Morgan fingerprint density at radius 1 is 0.970 bits per heavy atom. The number of nitrogens with one attached hydrogen (secondary N) is 3. The first-order valence-corrected chi connectivity index (χ1v) is 11.1. The molecule has 2 fully saturated rings. The fourth-order valence-corrected chi connectivity index (χ4v) is 4.46. The summed E-state index contributed by atoms with van der Waals surface area (Å²) in [6, 6.07) is 4.20. The maximum atomic E-state index is 13.1. The van der Waals surface area contributed by atoms with Crippen molar-refractivity contribution in [2.24, 2.45) is 0 Å². The van der Waals surface area contributed by atoms with Crippen LogP contribution in [0.4, 0.5) is 5.69 Å². The average Bonchev–Trinajstić information content (AvgIpc) is 3.02. The van der Waals surface area contributed by atoms with Crippen molar-refractivity contribution >= 4 is 54.1 Å². The molecular formula is C22H31Cl2N5O4. The van der Waals surface area contributed by atoms with Crippen molar-refractivity contribution in [1.29, 1.82) is 0 Å². The number of piperazine rings is 1. The van der Waals surface area contributed by atoms with E-state index in [9.17, 15) is 19.2 Å². The van der Waals surface area contributed by atoms with Crippen molar-refractivity contribution in [2.45, 2.75) is 38.1 Å². The Bertz CT molecular complexity index is 892. The zero-order chi connectivity index (χ0) is 21.8. The number of hydrogen-bond donors (Lipinski definition) is 3. The molecule has 0 saturated carbocycles. The molecular weight excluding hydrogens is 469 g/mol. The van der Waals surface area contributed by atoms with Crippen LogP contribution in [0.15, 0.2) is 18.2 Å². The molecule has 0 radical (unpaired) electrons. The molecule has 1 atom stereocenters. The van der Waals surface area contributed by atoms with E-state index in [-0.39, 0.29) is 43.6 Å². The van der Waals surface area contributed by atoms with E-state index in [4.69, 9.17) is 0 Å². The van der Waals surface area contributed by atoms with Crippen LogP contribution in [0, 0.1) is 0 Å². The maximum absolute atomic E-state index is 13.1. The summed E-state index contributed by atoms with van der Waals surface area (Å²) < 4.78 is 0. The highest BCUT2D eigenvalue weighted by atomic mass is 35.5. The minimum atomic E-state index is -0.942. The first kappa shape index (κ1) is 27.0. The lowest BCUT2D eigenvalue weighted by molar-refractivity contribution is -0.136. The van der Waals surface area contributed by atoms with Crippen LogP contribution in [0.3, 0.4) is 0 Å². The summed E-state index contributed by atoms with van der Waals surface area (Å²) in [7, 11) is 0. The second kappa shape index (κ2) is 12.3. The van der Waals surface area contributed by atoms with Gasteiger partial charge in [-0.3, -0.25) is 29.4 Å². The fraction of sp³-hybridized carbons (Fsp3) is 0.545. The van der Waals surface area contributed by atoms with Gasteiger partial charge in [0.15, 0.2) is 0 Å². The number of imide groups is 2. The van der Waals surface area contributed by atoms with Crippen molar-refractivity contribution < 1.29 is 19.2 Å². The van der Waals surface area contributed by atoms with Crippen LogP contribution in [0.5, 0.6) is 0 Å². The molecule has 0 spiro atoms. The molecule has 4 amide bonds. The van der Waals surface area contributed by atoms with Gasteiger partial charge in [0, 0.05) is 44.8 Å². The molecule has 0 aliphatic carbocycles. The number of fused-ring (bicyclic) bond motifs is 1. The van der Waals surface area contributed by atoms with Gasteiger partial charge in [-0.05, 0) is 37.9 Å². The van der Waals surface area contributed by atoms with Crippen LogP contribution in [-0.2, 0) is 9.59 Å². The third kappa shape index (κ3) is 6.03. The van der Waals surface area contributed by atoms with Crippen LogP contribution in [-0.4, -0.2) is 78.7 Å². The van der Waals surface area contributed by atoms with Gasteiger partial charge in [-0.1, -0.05) is 12.5 Å². The van der Waals surface area contributed by atoms with Gasteiger partial charge in [-0.15, -0.1) is 24.8 Å². The molecule has 182 valence electrons. The van der Waals surface area contributed by atoms with Gasteiger partial charge in [-0.25, -0.2) is 0 Å². The fourth-order valence-electron chi connectivity index (χ4n) is 4.46. The summed E-state index contributed by atoms with van der Waals surface area (Å²) in [6.07, 6.45) is 3.46. The number of benzene rings is 1. The van der Waals surface area contributed by atoms with Crippen molar-refractivity contribution in [3.05, 3.63) is 29.3 Å². The minimum Gasteiger partial charge on any atom is -0.384 e. The zero-order valence-corrected chi connectivity index (χ0v) is 20.1. The summed E-state index contributed by atoms with van der Waals surface area (Å²) in [4.78, 5) is 53.0. The molecule has 4 rings (SSSR count). The molecule has 3 aliphatic heterocycles. The van der Waals surface area contributed by atoms with E-state index in [1.807, 2.05) is 0 Å². The van der Waals surface area contributed by atoms with Gasteiger partial charge in [0.2, 0.25) is 11.8 Å². The quantitative estimate of drug-likeness (QED) is 0.366. The van der Waals surface area contributed by atoms with Gasteiger partial charge >= 0.3 is 0 Å². The normalized spacial score (nSPS) is 20.6. The number of amides is 4. The SMILES string of the molecule is Cl.Cl.O=C1CCC(N2C(=O)c3cccc(NCCCCCN4CCNCC4)c3C2=O)C(=O)N1. The lowest BCUT2D eigenvalue weighted by Crippen LogP contribution is -2.54. The molecule has 11 heteroatoms. The summed E-state index contributed by atoms with van der Waals surface area (Å²) in [5.74, 6) is -1.92. The van der Waals surface area contributed by atoms with Crippen molar-refractivity contribution in [3.63, 3.8) is 0 Å². The Kier molecular flexibility index (Phi) is 10.1. The van der Waals surface area contributed by atoms with Crippen LogP contribution in [0.25, 0.3) is 0 Å². The molecule has 1 aromatic rings. The minimum absolute atomic E-state index is 0. The van der Waals surface area contributed by atoms with Gasteiger partial charge in [0.1, 0.15) is 6.04 Å². The summed E-state index contributed by atoms with van der Waals surface area (Å²) >= 11 is 0. The number of unbranched alkanes of at least 4 members (excludes halogenated alkanes) is 2. The Hall–Kier alpha value is -2.20. The van der Waals surface area contributed by atoms with Crippen LogP contribution >= 0.6 is 24.8 Å². The number of hydrogen-bond acceptors (Lipinski definition) is 7. The molecule has 3 aliphatic rings. The summed E-state index contributed by atoms with van der Waals surface area (Å²) in [6.45, 7) is 6.14. The molecule has 1 aromatic carbocycles. The van der Waals surface area contributed by atoms with Gasteiger partial charge in [0.05, 0.1) is 11.1 Å². The van der Waals surface area contributed by atoms with Crippen LogP contribution < -0.4 is 16.0 Å². The Labute approximate surface area is 205 Å². The van der Waals surface area contributed by atoms with Gasteiger partial charge < -0.3 is 15.5 Å². The van der Waals surface area contributed by atoms with Crippen LogP contribution in [0.2, 0.25) is 0 Å². The number of piperidine rings is 1. The standard InChI is InChI=1S/C22H29N5O4.2ClH/c28-18-8-7-17(20(29)25-18)27-21(30)15-5-4-6-16(19(15)22(27)31)24-9-2-1-3-12-26-13-10-23-11-14-26;;/h4-6,17,23-24H,1-3,7-14H2,(H,25,28,29);2*1H. The smallest absolute Gasteiger partial charge is 0.264 e. The molecule has 33 heavy (non-hydrogen) atoms. The second-order valence-corrected chi connectivity index (χ2v) is 8.25. The monoisotopic (exact) mass is 499 g/mol. The molecule has 1 unspecified atom stereocenters. The van der Waals surface area contributed by atoms with Crippen molar-refractivity contribution in [1.82, 2.24) is 20.4 Å². The average molecular weight is 500 g/mol. The second-order valence-electron chi connectivity index (χ2n) is 8.25. The lowest BCUT2D eigenvalue weighted by Gasteiger charge is -2.27. The molecule has 2 saturated heterocycles. The predicted molar refractivity (Wildman–Crippen MR) is 129 cm³/mol. The van der Waals surface area contributed by atoms with Crippen molar-refractivity contribution in [2.75, 3.05) is 44.6 Å². The van der Waals surface area contributed by atoms with E-state index in [1.165, 1.54) is 0 Å². The van der Waals surface area contributed by atoms with E-state index in [0.29, 0.717) is 23.4 Å². The topological polar surface area (TPSA) is 111 Å². The third-order valence-corrected chi connectivity index (χ3v) is 6.14. The maximum Gasteiger partial charge on any atom is 0.264 e. The number of carbonyl (C=O) groups is 4. The van der Waals surface area contributed by atoms with Crippen molar-refractivity contribution in [3.8, 4) is 0 Å². The third-order valence-electron chi connectivity index (χ3n) is 6.14. The van der Waals surface area contributed by atoms with Gasteiger partial charge in [0.25, 0.3) is 11.8 Å². The Balaban J connectivity index is 0.00000193. The molecule has 9 nitrogen and oxygen atoms in total. The zero-order valence-electron chi connectivity index (χ0n) is 18.4. The number of nitrogens with zero attached hydrogens (tertiary/aromatic N) is 2. The Morgan fingerprint density at radius 2 is 1.73 bits per heavy atom. The Morgan fingerprint density at radius 3 is 2.45 bits per heavy atom. The predicted octanol–water partition coefficient (Wildman–Crippen LogP) is 1.42. The summed E-state index contributed by atoms with van der Waals surface area (Å²) in [5.41, 5.74) is 1.24. The highest BCUT2D eigenvalue weighted by molar-refractivity contribution is 6.25. The molecule has 0 bridgehead atoms. The number of anilines is 1. The van der Waals surface area contributed by atoms with E-state index < -0.39 is 23.8 Å². The molecule has 0 aromatic heterocycles. The number of halogens is 2. The molecule has 3 heterocycles. The lowest BCUT2D eigenvalue weighted by atomic mass is 10.0. The van der Waals surface area contributed by atoms with Crippen LogP contribution in [0.1, 0.15) is 52.8 Å². The first-order valence-electron chi connectivity index (χ1n) is 11.1. The first-order chi connectivity index (χ1) is 15.1. The highest BCUT2D eigenvalue weighted by Gasteiger charge is 2.45. The van der Waals surface area contributed by atoms with E-state index in [1.54, 1.807) is 18.2 Å². The van der Waals surface area contributed by atoms with E-state index in [0.717, 1.165) is 56.9 Å². The number of carbonyl (C=O) groups excluding carboxylic acids is 4. The van der Waals surface area contributed by atoms with E-state index in [2.05, 4.69) is 20.9 Å². The summed E-state index contributed by atoms with van der Waals surface area (Å²) in [5, 5.41) is 8.87. The number of rotatable bonds is 8. The van der Waals surface area contributed by atoms with Gasteiger partial charge in [-0.2, -0.15) is 0 Å². The highest BCUT2D eigenvalue weighted by Crippen LogP contribution is 2.32.